The van der Waals surface area contributed by atoms with Crippen LogP contribution in [0.25, 0.3) is 0 Å². The Bertz CT molecular complexity index is 890. The molecule has 0 unspecified atom stereocenters. The fraction of sp³-hybridized carbons (Fsp3) is 0.350. The molecular formula is C20H21NO5. The number of aryl methyl sites for hydroxylation is 1. The van der Waals surface area contributed by atoms with E-state index in [1.165, 1.54) is 0 Å². The van der Waals surface area contributed by atoms with Crippen molar-refractivity contribution in [1.82, 2.24) is 0 Å². The number of carbonyl (C=O) groups excluding carboxylic acids is 2. The molecule has 0 bridgehead atoms. The number of fused-ring (bicyclic) bond motifs is 1. The molecule has 6 nitrogen and oxygen atoms in total. The Kier molecular flexibility index (Phi) is 4.44. The minimum Gasteiger partial charge on any atom is -0.481 e. The number of ketones is 1. The molecule has 1 aliphatic carbocycles. The average molecular weight is 355 g/mol. The third kappa shape index (κ3) is 3.03. The van der Waals surface area contributed by atoms with E-state index in [4.69, 9.17) is 4.42 Å². The minimum absolute atomic E-state index is 0.0202. The Hall–Kier alpha value is -2.89. The second-order valence-corrected chi connectivity index (χ2v) is 7.09. The summed E-state index contributed by atoms with van der Waals surface area (Å²) in [6.45, 7) is 4.96. The van der Waals surface area contributed by atoms with Crippen LogP contribution in [0.1, 0.15) is 64.5 Å². The number of aliphatic carboxylic acids is 1. The molecule has 6 heteroatoms. The summed E-state index contributed by atoms with van der Waals surface area (Å²) in [6, 6.07) is 6.66. The Balaban J connectivity index is 1.81. The molecule has 0 atom stereocenters. The first-order valence-electron chi connectivity index (χ1n) is 8.52. The van der Waals surface area contributed by atoms with E-state index in [-0.39, 0.29) is 11.5 Å². The van der Waals surface area contributed by atoms with Crippen LogP contribution in [0.3, 0.4) is 0 Å². The van der Waals surface area contributed by atoms with Crippen molar-refractivity contribution < 1.29 is 23.9 Å². The van der Waals surface area contributed by atoms with Crippen LogP contribution < -0.4 is 5.32 Å². The zero-order chi connectivity index (χ0) is 19.1. The highest BCUT2D eigenvalue weighted by Gasteiger charge is 2.30. The van der Waals surface area contributed by atoms with Crippen LogP contribution in [0, 0.1) is 6.92 Å². The second kappa shape index (κ2) is 6.44. The summed E-state index contributed by atoms with van der Waals surface area (Å²) in [6.07, 6.45) is 1.88. The van der Waals surface area contributed by atoms with E-state index in [9.17, 15) is 19.5 Å². The zero-order valence-corrected chi connectivity index (χ0v) is 15.0. The van der Waals surface area contributed by atoms with E-state index in [0.29, 0.717) is 41.0 Å². The summed E-state index contributed by atoms with van der Waals surface area (Å²) in [5.74, 6) is -0.583. The number of carboxylic acid groups (broad SMARTS) is 1. The first-order chi connectivity index (χ1) is 12.2. The third-order valence-electron chi connectivity index (χ3n) is 4.91. The predicted octanol–water partition coefficient (Wildman–Crippen LogP) is 3.72. The number of amides is 1. The van der Waals surface area contributed by atoms with Crippen molar-refractivity contribution in [2.75, 3.05) is 5.32 Å². The van der Waals surface area contributed by atoms with Gasteiger partial charge in [-0.05, 0) is 44.9 Å². The van der Waals surface area contributed by atoms with Crippen LogP contribution in [0.15, 0.2) is 28.7 Å². The lowest BCUT2D eigenvalue weighted by Crippen LogP contribution is -2.28. The Morgan fingerprint density at radius 2 is 1.81 bits per heavy atom. The van der Waals surface area contributed by atoms with Crippen LogP contribution in [0.5, 0.6) is 0 Å². The maximum Gasteiger partial charge on any atom is 0.313 e. The maximum atomic E-state index is 12.5. The van der Waals surface area contributed by atoms with E-state index in [0.717, 1.165) is 6.42 Å². The average Bonchev–Trinajstić information content (AvgIpc) is 2.93. The first-order valence-corrected chi connectivity index (χ1v) is 8.52. The Morgan fingerprint density at radius 3 is 2.38 bits per heavy atom. The highest BCUT2D eigenvalue weighted by atomic mass is 16.4. The summed E-state index contributed by atoms with van der Waals surface area (Å²) in [4.78, 5) is 35.9. The van der Waals surface area contributed by atoms with Gasteiger partial charge in [-0.1, -0.05) is 12.1 Å². The highest BCUT2D eigenvalue weighted by molar-refractivity contribution is 6.07. The number of anilines is 1. The molecule has 2 aromatic rings. The molecule has 1 aromatic heterocycles. The van der Waals surface area contributed by atoms with Gasteiger partial charge in [0.2, 0.25) is 0 Å². The minimum atomic E-state index is -1.01. The number of Topliss-reactive ketones (excluding diaryl/α,β-unsaturated/α-hetero) is 1. The zero-order valence-electron chi connectivity index (χ0n) is 15.0. The van der Waals surface area contributed by atoms with Crippen molar-refractivity contribution in [2.24, 2.45) is 0 Å². The number of nitrogens with one attached hydrogen (secondary N) is 1. The number of furan rings is 1. The van der Waals surface area contributed by atoms with E-state index < -0.39 is 17.3 Å². The molecule has 0 saturated heterocycles. The Morgan fingerprint density at radius 1 is 1.15 bits per heavy atom. The molecule has 0 radical (unpaired) electrons. The number of carboxylic acids is 1. The standard InChI is InChI=1S/C20H21NO5/c1-11-16-14(22)5-4-6-15(16)26-17(11)18(23)21-13-9-7-12(8-10-13)20(2,3)19(24)25/h7-10H,4-6H2,1-3H3,(H,21,23)(H,24,25). The van der Waals surface area contributed by atoms with Crippen LogP contribution >= 0.6 is 0 Å². The van der Waals surface area contributed by atoms with Crippen molar-refractivity contribution in [3.63, 3.8) is 0 Å². The molecule has 0 saturated carbocycles. The van der Waals surface area contributed by atoms with Gasteiger partial charge in [-0.15, -0.1) is 0 Å². The second-order valence-electron chi connectivity index (χ2n) is 7.09. The maximum absolute atomic E-state index is 12.5. The van der Waals surface area contributed by atoms with Crippen molar-refractivity contribution in [2.45, 2.75) is 45.4 Å². The topological polar surface area (TPSA) is 96.6 Å². The molecule has 136 valence electrons. The summed E-state index contributed by atoms with van der Waals surface area (Å²) in [7, 11) is 0. The van der Waals surface area contributed by atoms with Crippen molar-refractivity contribution >= 4 is 23.3 Å². The number of benzene rings is 1. The molecular weight excluding hydrogens is 334 g/mol. The lowest BCUT2D eigenvalue weighted by molar-refractivity contribution is -0.142. The Labute approximate surface area is 151 Å². The molecule has 3 rings (SSSR count). The van der Waals surface area contributed by atoms with Gasteiger partial charge in [-0.25, -0.2) is 0 Å². The first kappa shape index (κ1) is 17.9. The van der Waals surface area contributed by atoms with Crippen LogP contribution in [0.4, 0.5) is 5.69 Å². The van der Waals surface area contributed by atoms with Gasteiger partial charge in [-0.3, -0.25) is 14.4 Å². The van der Waals surface area contributed by atoms with Crippen LogP contribution in [0.2, 0.25) is 0 Å². The molecule has 2 N–H and O–H groups in total. The van der Waals surface area contributed by atoms with Gasteiger partial charge in [0.25, 0.3) is 5.91 Å². The monoisotopic (exact) mass is 355 g/mol. The number of hydrogen-bond donors (Lipinski definition) is 2. The van der Waals surface area contributed by atoms with Crippen molar-refractivity contribution in [3.05, 3.63) is 52.5 Å². The number of carbonyl (C=O) groups is 3. The summed E-state index contributed by atoms with van der Waals surface area (Å²) in [5.41, 5.74) is 1.27. The molecule has 1 aliphatic rings. The largest absolute Gasteiger partial charge is 0.481 e. The van der Waals surface area contributed by atoms with Crippen LogP contribution in [-0.2, 0) is 16.6 Å². The van der Waals surface area contributed by atoms with Gasteiger partial charge in [-0.2, -0.15) is 0 Å². The van der Waals surface area contributed by atoms with Gasteiger partial charge >= 0.3 is 5.97 Å². The van der Waals surface area contributed by atoms with Crippen molar-refractivity contribution in [3.8, 4) is 0 Å². The van der Waals surface area contributed by atoms with Gasteiger partial charge in [0.05, 0.1) is 11.0 Å². The summed E-state index contributed by atoms with van der Waals surface area (Å²) < 4.78 is 5.64. The molecule has 1 heterocycles. The molecule has 0 fully saturated rings. The molecule has 0 spiro atoms. The van der Waals surface area contributed by atoms with E-state index in [1.807, 2.05) is 0 Å². The molecule has 0 aliphatic heterocycles. The molecule has 1 amide bonds. The molecule has 26 heavy (non-hydrogen) atoms. The van der Waals surface area contributed by atoms with E-state index in [1.54, 1.807) is 45.0 Å². The fourth-order valence-electron chi connectivity index (χ4n) is 3.15. The quantitative estimate of drug-likeness (QED) is 0.871. The van der Waals surface area contributed by atoms with Gasteiger partial charge in [0.1, 0.15) is 5.76 Å². The number of rotatable bonds is 4. The summed E-state index contributed by atoms with van der Waals surface area (Å²) >= 11 is 0. The van der Waals surface area contributed by atoms with E-state index in [2.05, 4.69) is 5.32 Å². The summed E-state index contributed by atoms with van der Waals surface area (Å²) in [5, 5.41) is 12.0. The molecule has 1 aromatic carbocycles. The fourth-order valence-corrected chi connectivity index (χ4v) is 3.15. The van der Waals surface area contributed by atoms with Gasteiger partial charge in [0, 0.05) is 24.1 Å². The third-order valence-corrected chi connectivity index (χ3v) is 4.91. The SMILES string of the molecule is Cc1c(C(=O)Nc2ccc(C(C)(C)C(=O)O)cc2)oc2c1C(=O)CCC2. The lowest BCUT2D eigenvalue weighted by atomic mass is 9.85. The highest BCUT2D eigenvalue weighted by Crippen LogP contribution is 2.30. The van der Waals surface area contributed by atoms with Crippen LogP contribution in [-0.4, -0.2) is 22.8 Å². The predicted molar refractivity (Wildman–Crippen MR) is 95.8 cm³/mol. The van der Waals surface area contributed by atoms with Gasteiger partial charge in [0.15, 0.2) is 11.5 Å². The van der Waals surface area contributed by atoms with Gasteiger partial charge < -0.3 is 14.8 Å². The normalized spacial score (nSPS) is 14.0. The number of hydrogen-bond acceptors (Lipinski definition) is 4. The smallest absolute Gasteiger partial charge is 0.313 e. The van der Waals surface area contributed by atoms with E-state index >= 15 is 0 Å². The lowest BCUT2D eigenvalue weighted by Gasteiger charge is -2.19. The van der Waals surface area contributed by atoms with Crippen molar-refractivity contribution in [1.29, 1.82) is 0 Å².